The Hall–Kier alpha value is -0.960. The highest BCUT2D eigenvalue weighted by Gasteiger charge is 2.35. The molecule has 3 nitrogen and oxygen atoms in total. The highest BCUT2D eigenvalue weighted by Crippen LogP contribution is 2.47. The van der Waals surface area contributed by atoms with E-state index in [9.17, 15) is 0 Å². The Morgan fingerprint density at radius 3 is 2.44 bits per heavy atom. The average molecular weight is 248 g/mol. The van der Waals surface area contributed by atoms with Gasteiger partial charge in [-0.2, -0.15) is 0 Å². The first kappa shape index (κ1) is 12.1. The van der Waals surface area contributed by atoms with E-state index in [1.54, 1.807) is 0 Å². The van der Waals surface area contributed by atoms with Crippen molar-refractivity contribution in [1.82, 2.24) is 4.90 Å². The Kier molecular flexibility index (Phi) is 3.10. The molecule has 1 fully saturated rings. The molecular weight excluding hydrogens is 224 g/mol. The molecule has 1 heterocycles. The van der Waals surface area contributed by atoms with E-state index < -0.39 is 0 Å². The molecule has 2 N–H and O–H groups in total. The lowest BCUT2D eigenvalue weighted by Gasteiger charge is -2.26. The molecule has 0 aromatic carbocycles. The van der Waals surface area contributed by atoms with Gasteiger partial charge in [-0.05, 0) is 39.3 Å². The summed E-state index contributed by atoms with van der Waals surface area (Å²) in [6.07, 6.45) is 8.88. The van der Waals surface area contributed by atoms with Crippen LogP contribution in [0, 0.1) is 0 Å². The number of nitrogens with two attached hydrogens (primary N) is 1. The van der Waals surface area contributed by atoms with Gasteiger partial charge in [-0.3, -0.25) is 0 Å². The van der Waals surface area contributed by atoms with Crippen LogP contribution in [-0.4, -0.2) is 19.0 Å². The van der Waals surface area contributed by atoms with Crippen LogP contribution in [0.15, 0.2) is 4.42 Å². The second-order valence-electron chi connectivity index (χ2n) is 6.07. The van der Waals surface area contributed by atoms with Crippen LogP contribution in [0.2, 0.25) is 0 Å². The van der Waals surface area contributed by atoms with Gasteiger partial charge in [0.05, 0.1) is 0 Å². The topological polar surface area (TPSA) is 42.4 Å². The summed E-state index contributed by atoms with van der Waals surface area (Å²) in [7, 11) is 4.32. The standard InChI is InChI=1S/C15H24N2O/c1-17(2)11-8-9-12-14(11)13(15(16)18-12)10-6-4-3-5-7-10/h10-11H,3-9,16H2,1-2H3. The Balaban J connectivity index is 1.98. The smallest absolute Gasteiger partial charge is 0.194 e. The van der Waals surface area contributed by atoms with Gasteiger partial charge in [0.25, 0.3) is 0 Å². The quantitative estimate of drug-likeness (QED) is 0.871. The molecule has 3 heteroatoms. The molecule has 0 spiro atoms. The second-order valence-corrected chi connectivity index (χ2v) is 6.07. The van der Waals surface area contributed by atoms with Gasteiger partial charge < -0.3 is 15.1 Å². The van der Waals surface area contributed by atoms with Crippen LogP contribution in [0.25, 0.3) is 0 Å². The summed E-state index contributed by atoms with van der Waals surface area (Å²) in [4.78, 5) is 2.31. The van der Waals surface area contributed by atoms with Crippen LogP contribution >= 0.6 is 0 Å². The maximum atomic E-state index is 6.16. The van der Waals surface area contributed by atoms with Gasteiger partial charge in [0.2, 0.25) is 0 Å². The Morgan fingerprint density at radius 1 is 1.06 bits per heavy atom. The number of fused-ring (bicyclic) bond motifs is 1. The maximum Gasteiger partial charge on any atom is 0.194 e. The van der Waals surface area contributed by atoms with E-state index in [0.29, 0.717) is 17.8 Å². The summed E-state index contributed by atoms with van der Waals surface area (Å²) in [6, 6.07) is 0.512. The first-order valence-electron chi connectivity index (χ1n) is 7.26. The van der Waals surface area contributed by atoms with E-state index >= 15 is 0 Å². The lowest BCUT2D eigenvalue weighted by molar-refractivity contribution is 0.295. The van der Waals surface area contributed by atoms with Crippen LogP contribution in [0.5, 0.6) is 0 Å². The number of aryl methyl sites for hydroxylation is 1. The van der Waals surface area contributed by atoms with Crippen molar-refractivity contribution in [2.24, 2.45) is 0 Å². The summed E-state index contributed by atoms with van der Waals surface area (Å²) >= 11 is 0. The predicted octanol–water partition coefficient (Wildman–Crippen LogP) is 3.46. The molecule has 1 aromatic rings. The number of furan rings is 1. The molecule has 0 amide bonds. The Morgan fingerprint density at radius 2 is 1.78 bits per heavy atom. The largest absolute Gasteiger partial charge is 0.445 e. The fourth-order valence-corrected chi connectivity index (χ4v) is 3.82. The molecule has 1 atom stereocenters. The summed E-state index contributed by atoms with van der Waals surface area (Å²) in [5.41, 5.74) is 8.96. The lowest BCUT2D eigenvalue weighted by Crippen LogP contribution is -2.19. The molecule has 3 rings (SSSR count). The molecule has 2 aliphatic carbocycles. The lowest BCUT2D eigenvalue weighted by atomic mass is 9.82. The molecular formula is C15H24N2O. The number of anilines is 1. The van der Waals surface area contributed by atoms with Gasteiger partial charge >= 0.3 is 0 Å². The monoisotopic (exact) mass is 248 g/mol. The number of rotatable bonds is 2. The highest BCUT2D eigenvalue weighted by atomic mass is 16.4. The Labute approximate surface area is 109 Å². The van der Waals surface area contributed by atoms with E-state index in [4.69, 9.17) is 10.2 Å². The van der Waals surface area contributed by atoms with Crippen molar-refractivity contribution < 1.29 is 4.42 Å². The SMILES string of the molecule is CN(C)C1CCc2oc(N)c(C3CCCCC3)c21. The zero-order valence-corrected chi connectivity index (χ0v) is 11.5. The summed E-state index contributed by atoms with van der Waals surface area (Å²) in [6.45, 7) is 0. The van der Waals surface area contributed by atoms with Crippen molar-refractivity contribution in [2.45, 2.75) is 56.9 Å². The molecule has 1 unspecified atom stereocenters. The highest BCUT2D eigenvalue weighted by molar-refractivity contribution is 5.51. The van der Waals surface area contributed by atoms with Gasteiger partial charge in [0, 0.05) is 23.6 Å². The van der Waals surface area contributed by atoms with E-state index in [0.717, 1.165) is 12.2 Å². The van der Waals surface area contributed by atoms with E-state index in [1.165, 1.54) is 49.7 Å². The van der Waals surface area contributed by atoms with Crippen molar-refractivity contribution in [3.63, 3.8) is 0 Å². The molecule has 1 saturated carbocycles. The third kappa shape index (κ3) is 1.85. The third-order valence-electron chi connectivity index (χ3n) is 4.70. The molecule has 1 aromatic heterocycles. The number of hydrogen-bond acceptors (Lipinski definition) is 3. The molecule has 2 aliphatic rings. The van der Waals surface area contributed by atoms with Gasteiger partial charge in [-0.1, -0.05) is 19.3 Å². The fourth-order valence-electron chi connectivity index (χ4n) is 3.82. The molecule has 100 valence electrons. The minimum absolute atomic E-state index is 0.512. The predicted molar refractivity (Wildman–Crippen MR) is 73.7 cm³/mol. The average Bonchev–Trinajstić information content (AvgIpc) is 2.87. The first-order valence-corrected chi connectivity index (χ1v) is 7.26. The van der Waals surface area contributed by atoms with Crippen LogP contribution in [-0.2, 0) is 6.42 Å². The summed E-state index contributed by atoms with van der Waals surface area (Å²) in [5, 5.41) is 0. The third-order valence-corrected chi connectivity index (χ3v) is 4.70. The van der Waals surface area contributed by atoms with Gasteiger partial charge in [0.15, 0.2) is 5.88 Å². The summed E-state index contributed by atoms with van der Waals surface area (Å²) in [5.74, 6) is 2.51. The molecule has 0 bridgehead atoms. The van der Waals surface area contributed by atoms with Crippen molar-refractivity contribution in [3.8, 4) is 0 Å². The summed E-state index contributed by atoms with van der Waals surface area (Å²) < 4.78 is 5.84. The maximum absolute atomic E-state index is 6.16. The van der Waals surface area contributed by atoms with Crippen molar-refractivity contribution in [2.75, 3.05) is 19.8 Å². The number of nitrogens with zero attached hydrogens (tertiary/aromatic N) is 1. The van der Waals surface area contributed by atoms with Gasteiger partial charge in [-0.15, -0.1) is 0 Å². The normalized spacial score (nSPS) is 24.7. The fraction of sp³-hybridized carbons (Fsp3) is 0.733. The van der Waals surface area contributed by atoms with Crippen LogP contribution in [0.1, 0.15) is 67.4 Å². The zero-order valence-electron chi connectivity index (χ0n) is 11.5. The van der Waals surface area contributed by atoms with Crippen molar-refractivity contribution in [3.05, 3.63) is 16.9 Å². The molecule has 0 aliphatic heterocycles. The molecule has 0 saturated heterocycles. The van der Waals surface area contributed by atoms with Crippen LogP contribution < -0.4 is 5.73 Å². The first-order chi connectivity index (χ1) is 8.68. The molecule has 0 radical (unpaired) electrons. The molecule has 18 heavy (non-hydrogen) atoms. The zero-order chi connectivity index (χ0) is 12.7. The number of nitrogen functional groups attached to an aromatic ring is 1. The van der Waals surface area contributed by atoms with E-state index in [2.05, 4.69) is 19.0 Å². The van der Waals surface area contributed by atoms with E-state index in [-0.39, 0.29) is 0 Å². The van der Waals surface area contributed by atoms with Crippen molar-refractivity contribution >= 4 is 5.88 Å². The van der Waals surface area contributed by atoms with Crippen molar-refractivity contribution in [1.29, 1.82) is 0 Å². The van der Waals surface area contributed by atoms with Gasteiger partial charge in [0.1, 0.15) is 5.76 Å². The Bertz CT molecular complexity index is 430. The minimum atomic E-state index is 0.512. The van der Waals surface area contributed by atoms with Crippen LogP contribution in [0.3, 0.4) is 0 Å². The minimum Gasteiger partial charge on any atom is -0.445 e. The van der Waals surface area contributed by atoms with Crippen LogP contribution in [0.4, 0.5) is 5.88 Å². The number of hydrogen-bond donors (Lipinski definition) is 1. The van der Waals surface area contributed by atoms with Gasteiger partial charge in [-0.25, -0.2) is 0 Å². The van der Waals surface area contributed by atoms with E-state index in [1.807, 2.05) is 0 Å². The second kappa shape index (κ2) is 4.61.